The number of fused-ring (bicyclic) bond motifs is 1. The summed E-state index contributed by atoms with van der Waals surface area (Å²) in [7, 11) is 0. The van der Waals surface area contributed by atoms with Crippen molar-refractivity contribution in [1.29, 1.82) is 0 Å². The van der Waals surface area contributed by atoms with E-state index < -0.39 is 11.7 Å². The Hall–Kier alpha value is -1.55. The molecule has 2 heterocycles. The summed E-state index contributed by atoms with van der Waals surface area (Å²) in [6, 6.07) is 1.63. The standard InChI is InChI=1S/C12H14O4/c1-3-4-8-6-10-11(12(14)16-8)9(13)5-7(2)15-10/h3-4,6-7,9,13H,5H2,1-2H3/b4-3+. The van der Waals surface area contributed by atoms with Gasteiger partial charge < -0.3 is 14.3 Å². The maximum Gasteiger partial charge on any atom is 0.345 e. The molecule has 2 rings (SSSR count). The van der Waals surface area contributed by atoms with Crippen molar-refractivity contribution >= 4 is 6.08 Å². The highest BCUT2D eigenvalue weighted by atomic mass is 16.5. The van der Waals surface area contributed by atoms with E-state index in [1.807, 2.05) is 13.8 Å². The molecule has 0 bridgehead atoms. The summed E-state index contributed by atoms with van der Waals surface area (Å²) in [4.78, 5) is 11.6. The van der Waals surface area contributed by atoms with Gasteiger partial charge in [0.1, 0.15) is 17.1 Å². The fourth-order valence-corrected chi connectivity index (χ4v) is 1.84. The first-order valence-corrected chi connectivity index (χ1v) is 5.27. The van der Waals surface area contributed by atoms with E-state index in [0.29, 0.717) is 17.9 Å². The van der Waals surface area contributed by atoms with Gasteiger partial charge in [0.15, 0.2) is 0 Å². The summed E-state index contributed by atoms with van der Waals surface area (Å²) in [5.41, 5.74) is -0.295. The fraction of sp³-hybridized carbons (Fsp3) is 0.417. The van der Waals surface area contributed by atoms with Crippen molar-refractivity contribution in [2.75, 3.05) is 0 Å². The van der Waals surface area contributed by atoms with Crippen molar-refractivity contribution in [3.05, 3.63) is 33.9 Å². The van der Waals surface area contributed by atoms with Crippen molar-refractivity contribution < 1.29 is 14.3 Å². The maximum absolute atomic E-state index is 11.6. The average molecular weight is 222 g/mol. The average Bonchev–Trinajstić information content (AvgIpc) is 2.15. The Morgan fingerprint density at radius 3 is 3.00 bits per heavy atom. The Balaban J connectivity index is 2.54. The molecule has 1 aliphatic rings. The summed E-state index contributed by atoms with van der Waals surface area (Å²) in [6.07, 6.45) is 2.97. The lowest BCUT2D eigenvalue weighted by molar-refractivity contribution is 0.0704. The zero-order valence-electron chi connectivity index (χ0n) is 9.27. The van der Waals surface area contributed by atoms with Gasteiger partial charge in [0, 0.05) is 12.5 Å². The molecule has 0 amide bonds. The topological polar surface area (TPSA) is 59.7 Å². The minimum absolute atomic E-state index is 0.0947. The second-order valence-corrected chi connectivity index (χ2v) is 3.89. The second kappa shape index (κ2) is 4.14. The van der Waals surface area contributed by atoms with Crippen LogP contribution in [0.15, 0.2) is 21.4 Å². The summed E-state index contributed by atoms with van der Waals surface area (Å²) in [6.45, 7) is 3.69. The molecule has 0 fully saturated rings. The molecule has 0 aliphatic carbocycles. The number of hydrogen-bond donors (Lipinski definition) is 1. The van der Waals surface area contributed by atoms with Gasteiger partial charge in [0.25, 0.3) is 0 Å². The lowest BCUT2D eigenvalue weighted by Crippen LogP contribution is -2.27. The Labute approximate surface area is 93.2 Å². The molecule has 0 radical (unpaired) electrons. The predicted molar refractivity (Wildman–Crippen MR) is 59.4 cm³/mol. The Morgan fingerprint density at radius 2 is 2.31 bits per heavy atom. The summed E-state index contributed by atoms with van der Waals surface area (Å²) in [5, 5.41) is 9.78. The summed E-state index contributed by atoms with van der Waals surface area (Å²) >= 11 is 0. The van der Waals surface area contributed by atoms with E-state index in [0.717, 1.165) is 0 Å². The molecule has 0 aromatic carbocycles. The van der Waals surface area contributed by atoms with E-state index in [9.17, 15) is 9.90 Å². The molecule has 4 heteroatoms. The van der Waals surface area contributed by atoms with E-state index in [4.69, 9.17) is 9.15 Å². The zero-order valence-corrected chi connectivity index (χ0v) is 9.27. The Morgan fingerprint density at radius 1 is 1.56 bits per heavy atom. The smallest absolute Gasteiger partial charge is 0.345 e. The number of aliphatic hydroxyl groups excluding tert-OH is 1. The van der Waals surface area contributed by atoms with Crippen LogP contribution in [0.5, 0.6) is 5.75 Å². The second-order valence-electron chi connectivity index (χ2n) is 3.89. The van der Waals surface area contributed by atoms with Crippen LogP contribution in [0, 0.1) is 0 Å². The highest BCUT2D eigenvalue weighted by Crippen LogP contribution is 2.32. The van der Waals surface area contributed by atoms with Crippen molar-refractivity contribution in [2.45, 2.75) is 32.5 Å². The number of aliphatic hydroxyl groups is 1. The van der Waals surface area contributed by atoms with Crippen molar-refractivity contribution in [2.24, 2.45) is 0 Å². The third-order valence-corrected chi connectivity index (χ3v) is 2.52. The molecule has 16 heavy (non-hydrogen) atoms. The number of rotatable bonds is 1. The number of allylic oxidation sites excluding steroid dienone is 1. The third-order valence-electron chi connectivity index (χ3n) is 2.52. The molecule has 1 N–H and O–H groups in total. The normalized spacial score (nSPS) is 24.2. The third kappa shape index (κ3) is 1.88. The van der Waals surface area contributed by atoms with Gasteiger partial charge in [0.2, 0.25) is 0 Å². The van der Waals surface area contributed by atoms with Crippen LogP contribution < -0.4 is 10.4 Å². The van der Waals surface area contributed by atoms with Crippen LogP contribution in [0.4, 0.5) is 0 Å². The molecule has 1 aromatic rings. The van der Waals surface area contributed by atoms with Gasteiger partial charge in [-0.15, -0.1) is 0 Å². The zero-order chi connectivity index (χ0) is 11.7. The van der Waals surface area contributed by atoms with E-state index in [-0.39, 0.29) is 11.7 Å². The van der Waals surface area contributed by atoms with Crippen LogP contribution in [-0.4, -0.2) is 11.2 Å². The SMILES string of the molecule is C/C=C/c1cc2c(c(=O)o1)C(O)CC(C)O2. The molecule has 2 atom stereocenters. The van der Waals surface area contributed by atoms with Gasteiger partial charge in [-0.1, -0.05) is 6.08 Å². The lowest BCUT2D eigenvalue weighted by atomic mass is 10.0. The highest BCUT2D eigenvalue weighted by molar-refractivity contribution is 5.47. The Kier molecular flexibility index (Phi) is 2.83. The molecule has 2 unspecified atom stereocenters. The first-order chi connectivity index (χ1) is 7.61. The van der Waals surface area contributed by atoms with E-state index in [2.05, 4.69) is 0 Å². The van der Waals surface area contributed by atoms with Crippen molar-refractivity contribution in [1.82, 2.24) is 0 Å². The monoisotopic (exact) mass is 222 g/mol. The molecule has 0 saturated heterocycles. The number of hydrogen-bond acceptors (Lipinski definition) is 4. The maximum atomic E-state index is 11.6. The van der Waals surface area contributed by atoms with E-state index in [1.54, 1.807) is 18.2 Å². The summed E-state index contributed by atoms with van der Waals surface area (Å²) in [5.74, 6) is 0.864. The van der Waals surface area contributed by atoms with Crippen molar-refractivity contribution in [3.63, 3.8) is 0 Å². The van der Waals surface area contributed by atoms with Gasteiger partial charge in [-0.2, -0.15) is 0 Å². The molecule has 1 aromatic heterocycles. The van der Waals surface area contributed by atoms with Crippen molar-refractivity contribution in [3.8, 4) is 5.75 Å². The van der Waals surface area contributed by atoms with Gasteiger partial charge in [-0.05, 0) is 19.9 Å². The largest absolute Gasteiger partial charge is 0.490 e. The fourth-order valence-electron chi connectivity index (χ4n) is 1.84. The molecule has 4 nitrogen and oxygen atoms in total. The molecule has 0 spiro atoms. The van der Waals surface area contributed by atoms with E-state index in [1.165, 1.54) is 0 Å². The number of ether oxygens (including phenoxy) is 1. The summed E-state index contributed by atoms with van der Waals surface area (Å²) < 4.78 is 10.6. The van der Waals surface area contributed by atoms with Crippen LogP contribution in [0.3, 0.4) is 0 Å². The van der Waals surface area contributed by atoms with Crippen LogP contribution in [0.1, 0.15) is 37.7 Å². The minimum Gasteiger partial charge on any atom is -0.490 e. The van der Waals surface area contributed by atoms with Gasteiger partial charge in [0.05, 0.1) is 12.2 Å². The molecular weight excluding hydrogens is 208 g/mol. The predicted octanol–water partition coefficient (Wildman–Crippen LogP) is 1.88. The molecular formula is C12H14O4. The van der Waals surface area contributed by atoms with Crippen LogP contribution in [0.2, 0.25) is 0 Å². The molecule has 0 saturated carbocycles. The van der Waals surface area contributed by atoms with Gasteiger partial charge in [-0.3, -0.25) is 0 Å². The highest BCUT2D eigenvalue weighted by Gasteiger charge is 2.28. The lowest BCUT2D eigenvalue weighted by Gasteiger charge is -2.26. The quantitative estimate of drug-likeness (QED) is 0.788. The van der Waals surface area contributed by atoms with E-state index >= 15 is 0 Å². The minimum atomic E-state index is -0.797. The van der Waals surface area contributed by atoms with Gasteiger partial charge >= 0.3 is 5.63 Å². The first-order valence-electron chi connectivity index (χ1n) is 5.27. The van der Waals surface area contributed by atoms with Crippen LogP contribution in [0.25, 0.3) is 6.08 Å². The molecule has 86 valence electrons. The molecule has 1 aliphatic heterocycles. The first kappa shape index (κ1) is 11.0. The van der Waals surface area contributed by atoms with Crippen LogP contribution >= 0.6 is 0 Å². The van der Waals surface area contributed by atoms with Gasteiger partial charge in [-0.25, -0.2) is 4.79 Å². The Bertz CT molecular complexity index is 472. The van der Waals surface area contributed by atoms with Crippen LogP contribution in [-0.2, 0) is 0 Å².